The number of carbonyl (C=O) groups excluding carboxylic acids is 1. The molecule has 1 aliphatic heterocycles. The number of hydrogen-bond acceptors (Lipinski definition) is 3. The molecule has 0 saturated carbocycles. The third-order valence-electron chi connectivity index (χ3n) is 4.59. The van der Waals surface area contributed by atoms with Gasteiger partial charge in [0.1, 0.15) is 11.6 Å². The molecule has 0 radical (unpaired) electrons. The molecule has 1 amide bonds. The molecule has 1 atom stereocenters. The molecule has 1 aliphatic rings. The van der Waals surface area contributed by atoms with E-state index in [1.54, 1.807) is 47.8 Å². The highest BCUT2D eigenvalue weighted by Gasteiger charge is 2.27. The van der Waals surface area contributed by atoms with Crippen LogP contribution < -0.4 is 0 Å². The number of aromatic nitrogens is 2. The molecule has 6 heteroatoms. The minimum Gasteiger partial charge on any atom is -0.451 e. The lowest BCUT2D eigenvalue weighted by Crippen LogP contribution is -2.40. The van der Waals surface area contributed by atoms with Crippen molar-refractivity contribution in [3.8, 4) is 11.3 Å². The first kappa shape index (κ1) is 15.6. The fourth-order valence-corrected chi connectivity index (χ4v) is 3.28. The molecule has 0 bridgehead atoms. The number of rotatable bonds is 3. The van der Waals surface area contributed by atoms with Gasteiger partial charge >= 0.3 is 0 Å². The number of halogens is 1. The van der Waals surface area contributed by atoms with Crippen molar-refractivity contribution in [2.24, 2.45) is 0 Å². The van der Waals surface area contributed by atoms with Gasteiger partial charge in [0.15, 0.2) is 5.76 Å². The van der Waals surface area contributed by atoms with Gasteiger partial charge in [0.2, 0.25) is 0 Å². The summed E-state index contributed by atoms with van der Waals surface area (Å²) in [5, 5.41) is 0. The Morgan fingerprint density at radius 3 is 2.92 bits per heavy atom. The molecule has 0 spiro atoms. The molecular formula is C19H18FN3O2. The van der Waals surface area contributed by atoms with E-state index < -0.39 is 0 Å². The molecule has 5 nitrogen and oxygen atoms in total. The molecule has 3 heterocycles. The quantitative estimate of drug-likeness (QED) is 0.730. The van der Waals surface area contributed by atoms with Gasteiger partial charge in [0.05, 0.1) is 17.9 Å². The highest BCUT2D eigenvalue weighted by molar-refractivity contribution is 5.92. The van der Waals surface area contributed by atoms with E-state index >= 15 is 0 Å². The predicted molar refractivity (Wildman–Crippen MR) is 90.5 cm³/mol. The van der Waals surface area contributed by atoms with Crippen molar-refractivity contribution in [1.29, 1.82) is 0 Å². The summed E-state index contributed by atoms with van der Waals surface area (Å²) >= 11 is 0. The fourth-order valence-electron chi connectivity index (χ4n) is 3.28. The van der Waals surface area contributed by atoms with Crippen LogP contribution >= 0.6 is 0 Å². The highest BCUT2D eigenvalue weighted by Crippen LogP contribution is 2.27. The molecule has 1 aromatic carbocycles. The van der Waals surface area contributed by atoms with Crippen molar-refractivity contribution in [3.05, 3.63) is 66.7 Å². The lowest BCUT2D eigenvalue weighted by molar-refractivity contribution is 0.0648. The summed E-state index contributed by atoms with van der Waals surface area (Å²) < 4.78 is 21.6. The van der Waals surface area contributed by atoms with E-state index in [1.807, 2.05) is 10.8 Å². The molecule has 25 heavy (non-hydrogen) atoms. The van der Waals surface area contributed by atoms with E-state index in [0.29, 0.717) is 24.4 Å². The van der Waals surface area contributed by atoms with Crippen LogP contribution in [0, 0.1) is 5.82 Å². The Bertz CT molecular complexity index is 872. The van der Waals surface area contributed by atoms with Gasteiger partial charge in [-0.25, -0.2) is 9.37 Å². The van der Waals surface area contributed by atoms with Gasteiger partial charge in [-0.1, -0.05) is 12.1 Å². The minimum atomic E-state index is -0.367. The van der Waals surface area contributed by atoms with Gasteiger partial charge in [0.25, 0.3) is 5.91 Å². The summed E-state index contributed by atoms with van der Waals surface area (Å²) in [6.45, 7) is 1.31. The Morgan fingerprint density at radius 1 is 1.24 bits per heavy atom. The molecule has 0 N–H and O–H groups in total. The number of likely N-dealkylation sites (tertiary alicyclic amines) is 1. The van der Waals surface area contributed by atoms with Gasteiger partial charge in [-0.15, -0.1) is 0 Å². The van der Waals surface area contributed by atoms with Crippen LogP contribution in [0.3, 0.4) is 0 Å². The van der Waals surface area contributed by atoms with Crippen molar-refractivity contribution in [2.75, 3.05) is 13.1 Å². The standard InChI is InChI=1S/C19H18FN3O2/c20-16-6-2-1-5-15(16)17-7-8-18(25-17)19(24)22-10-3-4-14(12-22)23-11-9-21-13-23/h1-2,5-9,11,13-14H,3-4,10,12H2/t14-/m0/s1. The smallest absolute Gasteiger partial charge is 0.289 e. The Balaban J connectivity index is 1.52. The van der Waals surface area contributed by atoms with Gasteiger partial charge in [-0.2, -0.15) is 0 Å². The largest absolute Gasteiger partial charge is 0.451 e. The zero-order valence-corrected chi connectivity index (χ0v) is 13.6. The van der Waals surface area contributed by atoms with Crippen LogP contribution in [0.15, 0.2) is 59.5 Å². The molecule has 0 aliphatic carbocycles. The maximum absolute atomic E-state index is 13.9. The predicted octanol–water partition coefficient (Wildman–Crippen LogP) is 3.76. The van der Waals surface area contributed by atoms with Crippen LogP contribution in [0.1, 0.15) is 29.4 Å². The monoisotopic (exact) mass is 339 g/mol. The average Bonchev–Trinajstić information content (AvgIpc) is 3.34. The van der Waals surface area contributed by atoms with E-state index in [4.69, 9.17) is 4.42 Å². The summed E-state index contributed by atoms with van der Waals surface area (Å²) in [6.07, 6.45) is 7.38. The number of hydrogen-bond donors (Lipinski definition) is 0. The first-order valence-corrected chi connectivity index (χ1v) is 8.34. The van der Waals surface area contributed by atoms with Crippen LogP contribution in [0.2, 0.25) is 0 Å². The van der Waals surface area contributed by atoms with Gasteiger partial charge in [-0.05, 0) is 37.1 Å². The number of carbonyl (C=O) groups is 1. The van der Waals surface area contributed by atoms with Crippen molar-refractivity contribution in [1.82, 2.24) is 14.5 Å². The van der Waals surface area contributed by atoms with Crippen LogP contribution in [-0.4, -0.2) is 33.4 Å². The van der Waals surface area contributed by atoms with Crippen molar-refractivity contribution >= 4 is 5.91 Å². The summed E-state index contributed by atoms with van der Waals surface area (Å²) in [7, 11) is 0. The average molecular weight is 339 g/mol. The molecule has 4 rings (SSSR count). The Kier molecular flexibility index (Phi) is 4.09. The number of nitrogens with zero attached hydrogens (tertiary/aromatic N) is 3. The molecular weight excluding hydrogens is 321 g/mol. The topological polar surface area (TPSA) is 51.3 Å². The van der Waals surface area contributed by atoms with E-state index in [1.165, 1.54) is 6.07 Å². The van der Waals surface area contributed by atoms with Crippen molar-refractivity contribution < 1.29 is 13.6 Å². The highest BCUT2D eigenvalue weighted by atomic mass is 19.1. The second-order valence-electron chi connectivity index (χ2n) is 6.20. The molecule has 1 fully saturated rings. The van der Waals surface area contributed by atoms with Crippen LogP contribution in [-0.2, 0) is 0 Å². The third kappa shape index (κ3) is 3.07. The van der Waals surface area contributed by atoms with Crippen molar-refractivity contribution in [2.45, 2.75) is 18.9 Å². The van der Waals surface area contributed by atoms with E-state index in [2.05, 4.69) is 4.98 Å². The molecule has 1 saturated heterocycles. The molecule has 2 aromatic heterocycles. The summed E-state index contributed by atoms with van der Waals surface area (Å²) in [5.41, 5.74) is 0.358. The first-order chi connectivity index (χ1) is 12.2. The van der Waals surface area contributed by atoms with Crippen LogP contribution in [0.4, 0.5) is 4.39 Å². The SMILES string of the molecule is O=C(c1ccc(-c2ccccc2F)o1)N1CCC[C@H](n2ccnc2)C1. The second kappa shape index (κ2) is 6.55. The zero-order chi connectivity index (χ0) is 17.2. The lowest BCUT2D eigenvalue weighted by Gasteiger charge is -2.32. The van der Waals surface area contributed by atoms with E-state index in [9.17, 15) is 9.18 Å². The van der Waals surface area contributed by atoms with Crippen LogP contribution in [0.25, 0.3) is 11.3 Å². The molecule has 128 valence electrons. The van der Waals surface area contributed by atoms with Gasteiger partial charge < -0.3 is 13.9 Å². The lowest BCUT2D eigenvalue weighted by atomic mass is 10.1. The Labute approximate surface area is 144 Å². The van der Waals surface area contributed by atoms with E-state index in [-0.39, 0.29) is 23.5 Å². The van der Waals surface area contributed by atoms with Crippen molar-refractivity contribution in [3.63, 3.8) is 0 Å². The zero-order valence-electron chi connectivity index (χ0n) is 13.6. The molecule has 0 unspecified atom stereocenters. The van der Waals surface area contributed by atoms with Crippen LogP contribution in [0.5, 0.6) is 0 Å². The number of piperidine rings is 1. The van der Waals surface area contributed by atoms with E-state index in [0.717, 1.165) is 12.8 Å². The fraction of sp³-hybridized carbons (Fsp3) is 0.263. The maximum atomic E-state index is 13.9. The number of furan rings is 1. The third-order valence-corrected chi connectivity index (χ3v) is 4.59. The molecule has 3 aromatic rings. The first-order valence-electron chi connectivity index (χ1n) is 8.34. The normalized spacial score (nSPS) is 17.6. The minimum absolute atomic E-state index is 0.160. The number of benzene rings is 1. The summed E-state index contributed by atoms with van der Waals surface area (Å²) in [5.74, 6) is 0.0792. The second-order valence-corrected chi connectivity index (χ2v) is 6.20. The Morgan fingerprint density at radius 2 is 2.12 bits per heavy atom. The van der Waals surface area contributed by atoms with Gasteiger partial charge in [-0.3, -0.25) is 4.79 Å². The summed E-state index contributed by atoms with van der Waals surface area (Å²) in [4.78, 5) is 18.6. The maximum Gasteiger partial charge on any atom is 0.289 e. The summed E-state index contributed by atoms with van der Waals surface area (Å²) in [6, 6.07) is 9.85. The Hall–Kier alpha value is -2.89. The number of imidazole rings is 1. The number of amides is 1. The van der Waals surface area contributed by atoms with Gasteiger partial charge in [0, 0.05) is 25.5 Å².